The van der Waals surface area contributed by atoms with Crippen molar-refractivity contribution in [2.24, 2.45) is 0 Å². The fourth-order valence-electron chi connectivity index (χ4n) is 2.26. The molecule has 1 aromatic carbocycles. The molecular weight excluding hydrogens is 497 g/mol. The number of aromatic nitrogens is 5. The summed E-state index contributed by atoms with van der Waals surface area (Å²) in [6, 6.07) is 19.1. The van der Waals surface area contributed by atoms with E-state index in [0.29, 0.717) is 13.0 Å². The van der Waals surface area contributed by atoms with Crippen molar-refractivity contribution in [1.29, 1.82) is 0 Å². The first-order valence-corrected chi connectivity index (χ1v) is 10.5. The third-order valence-electron chi connectivity index (χ3n) is 3.67. The van der Waals surface area contributed by atoms with Crippen LogP contribution >= 0.6 is 0 Å². The summed E-state index contributed by atoms with van der Waals surface area (Å²) < 4.78 is 0. The summed E-state index contributed by atoms with van der Waals surface area (Å²) in [5, 5.41) is 16.2. The van der Waals surface area contributed by atoms with E-state index in [0.717, 1.165) is 5.56 Å². The van der Waals surface area contributed by atoms with Gasteiger partial charge >= 0.3 is 0 Å². The molecule has 0 aliphatic rings. The van der Waals surface area contributed by atoms with Crippen molar-refractivity contribution in [1.82, 2.24) is 35.6 Å². The first kappa shape index (κ1) is 30.7. The summed E-state index contributed by atoms with van der Waals surface area (Å²) >= 11 is 0. The van der Waals surface area contributed by atoms with Crippen molar-refractivity contribution in [2.45, 2.75) is 20.3 Å². The number of carbonyl (C=O) groups excluding carboxylic acids is 1. The molecule has 0 fully saturated rings. The van der Waals surface area contributed by atoms with Crippen LogP contribution in [0.4, 0.5) is 0 Å². The smallest absolute Gasteiger partial charge is 0.265 e. The maximum atomic E-state index is 11.9. The van der Waals surface area contributed by atoms with Crippen molar-refractivity contribution < 1.29 is 9.63 Å². The van der Waals surface area contributed by atoms with E-state index in [2.05, 4.69) is 25.4 Å². The summed E-state index contributed by atoms with van der Waals surface area (Å²) in [7, 11) is 3.55. The second-order valence-corrected chi connectivity index (χ2v) is 6.63. The van der Waals surface area contributed by atoms with E-state index in [9.17, 15) is 4.79 Å². The molecule has 182 valence electrons. The van der Waals surface area contributed by atoms with E-state index >= 15 is 0 Å². The molecule has 1 amide bonds. The van der Waals surface area contributed by atoms with Gasteiger partial charge in [-0.25, -0.2) is 0 Å². The summed E-state index contributed by atoms with van der Waals surface area (Å²) in [5.41, 5.74) is 2.20. The molecule has 0 aliphatic heterocycles. The largest absolute Gasteiger partial charge is 0.365 e. The molecule has 0 atom stereocenters. The number of nitrogens with one attached hydrogen (secondary N) is 2. The third kappa shape index (κ3) is 15.5. The quantitative estimate of drug-likeness (QED) is 0.303. The van der Waals surface area contributed by atoms with E-state index in [1.165, 1.54) is 10.9 Å². The van der Waals surface area contributed by atoms with Crippen LogP contribution in [0, 0.1) is 6.92 Å². The normalized spacial score (nSPS) is 9.09. The Labute approximate surface area is 212 Å². The van der Waals surface area contributed by atoms with Crippen LogP contribution < -0.4 is 0 Å². The summed E-state index contributed by atoms with van der Waals surface area (Å²) in [5.74, 6) is -0.0712. The monoisotopic (exact) mass is 531 g/mol. The number of hydrogen-bond acceptors (Lipinski definition) is 6. The molecule has 2 radical (unpaired) electrons. The molecular formula is C24H33N7O2Se. The Morgan fingerprint density at radius 2 is 1.59 bits per heavy atom. The maximum absolute atomic E-state index is 11.9. The molecule has 4 aromatic rings. The van der Waals surface area contributed by atoms with Gasteiger partial charge in [-0.3, -0.25) is 14.7 Å². The molecule has 0 unspecified atom stereocenters. The van der Waals surface area contributed by atoms with Gasteiger partial charge in [-0.15, -0.1) is 5.17 Å². The van der Waals surface area contributed by atoms with Crippen molar-refractivity contribution in [2.75, 3.05) is 20.7 Å². The first-order chi connectivity index (χ1) is 16.0. The fourth-order valence-corrected chi connectivity index (χ4v) is 2.26. The molecule has 2 N–H and O–H groups in total. The number of hydrazine groups is 1. The molecule has 10 heteroatoms. The minimum absolute atomic E-state index is 0. The van der Waals surface area contributed by atoms with Gasteiger partial charge in [-0.2, -0.15) is 20.3 Å². The van der Waals surface area contributed by atoms with Crippen LogP contribution in [0.1, 0.15) is 18.2 Å². The second-order valence-electron chi connectivity index (χ2n) is 6.63. The van der Waals surface area contributed by atoms with E-state index in [-0.39, 0.29) is 23.0 Å². The van der Waals surface area contributed by atoms with E-state index < -0.39 is 0 Å². The number of nitrogens with zero attached hydrogens (tertiary/aromatic N) is 5. The Kier molecular flexibility index (Phi) is 18.3. The Morgan fingerprint density at radius 1 is 0.912 bits per heavy atom. The zero-order valence-corrected chi connectivity index (χ0v) is 21.7. The van der Waals surface area contributed by atoms with Crippen LogP contribution in [-0.2, 0) is 16.1 Å². The van der Waals surface area contributed by atoms with Gasteiger partial charge in [0.15, 0.2) is 0 Å². The molecule has 3 heterocycles. The Bertz CT molecular complexity index is 879. The van der Waals surface area contributed by atoms with Gasteiger partial charge in [0.1, 0.15) is 0 Å². The van der Waals surface area contributed by atoms with Gasteiger partial charge in [0.25, 0.3) is 5.91 Å². The molecule has 0 aliphatic carbocycles. The number of hydrogen-bond donors (Lipinski definition) is 2. The molecule has 3 aromatic heterocycles. The van der Waals surface area contributed by atoms with Crippen LogP contribution in [-0.4, -0.2) is 79.2 Å². The zero-order valence-electron chi connectivity index (χ0n) is 20.0. The average molecular weight is 531 g/mol. The maximum Gasteiger partial charge on any atom is 0.265 e. The minimum Gasteiger partial charge on any atom is -0.365 e. The SMILES string of the molecule is CCON(C(=O)Cc1ccccc1)N(C)C.Cc1ccc[nH]1.[Se].c1ccnnc1.c1cn[nH]c1. The predicted molar refractivity (Wildman–Crippen MR) is 134 cm³/mol. The zero-order chi connectivity index (χ0) is 24.2. The molecule has 9 nitrogen and oxygen atoms in total. The average Bonchev–Trinajstić information content (AvgIpc) is 3.57. The number of H-pyrrole nitrogens is 2. The van der Waals surface area contributed by atoms with Crippen LogP contribution in [0.3, 0.4) is 0 Å². The molecule has 34 heavy (non-hydrogen) atoms. The fraction of sp³-hybridized carbons (Fsp3) is 0.250. The minimum atomic E-state index is -0.0712. The summed E-state index contributed by atoms with van der Waals surface area (Å²) in [6.45, 7) is 4.35. The Hall–Kier alpha value is -3.30. The van der Waals surface area contributed by atoms with Gasteiger partial charge in [0, 0.05) is 67.8 Å². The van der Waals surface area contributed by atoms with Gasteiger partial charge in [-0.1, -0.05) is 30.3 Å². The molecule has 0 saturated carbocycles. The Morgan fingerprint density at radius 3 is 1.91 bits per heavy atom. The van der Waals surface area contributed by atoms with Crippen LogP contribution in [0.2, 0.25) is 0 Å². The Balaban J connectivity index is 0.000000492. The van der Waals surface area contributed by atoms with Crippen molar-refractivity contribution >= 4 is 23.0 Å². The molecule has 0 saturated heterocycles. The molecule has 0 spiro atoms. The summed E-state index contributed by atoms with van der Waals surface area (Å²) in [4.78, 5) is 20.2. The van der Waals surface area contributed by atoms with Crippen molar-refractivity contribution in [3.05, 3.63) is 103 Å². The van der Waals surface area contributed by atoms with Gasteiger partial charge in [0.2, 0.25) is 0 Å². The van der Waals surface area contributed by atoms with Crippen LogP contribution in [0.25, 0.3) is 0 Å². The molecule has 0 bridgehead atoms. The topological polar surface area (TPSA) is 103 Å². The van der Waals surface area contributed by atoms with E-state index in [4.69, 9.17) is 4.84 Å². The number of hydroxylamine groups is 1. The summed E-state index contributed by atoms with van der Waals surface area (Å²) in [6.07, 6.45) is 8.99. The van der Waals surface area contributed by atoms with Gasteiger partial charge in [-0.05, 0) is 49.7 Å². The van der Waals surface area contributed by atoms with Crippen molar-refractivity contribution in [3.63, 3.8) is 0 Å². The number of carbonyl (C=O) groups is 1. The standard InChI is InChI=1S/C12H18N2O2.C5H7N.C4H4N2.C3H4N2.Se/c1-4-16-14(13(2)3)12(15)10-11-8-6-5-7-9-11;1-5-3-2-4-6-5;1-2-4-6-5-3-1;1-2-4-5-3-1;/h5-9H,4,10H2,1-3H3;2-4,6H,1H3;1-4H;1-3H,(H,4,5);. The number of benzene rings is 1. The predicted octanol–water partition coefficient (Wildman–Crippen LogP) is 3.31. The third-order valence-corrected chi connectivity index (χ3v) is 3.67. The number of rotatable bonds is 5. The number of amides is 1. The number of aryl methyl sites for hydroxylation is 1. The van der Waals surface area contributed by atoms with E-state index in [1.807, 2.05) is 80.7 Å². The van der Waals surface area contributed by atoms with Crippen LogP contribution in [0.5, 0.6) is 0 Å². The van der Waals surface area contributed by atoms with Gasteiger partial charge < -0.3 is 4.98 Å². The molecule has 4 rings (SSSR count). The van der Waals surface area contributed by atoms with Crippen molar-refractivity contribution in [3.8, 4) is 0 Å². The van der Waals surface area contributed by atoms with Crippen LogP contribution in [0.15, 0.2) is 91.6 Å². The number of aromatic amines is 2. The second kappa shape index (κ2) is 20.3. The van der Waals surface area contributed by atoms with E-state index in [1.54, 1.807) is 43.9 Å². The van der Waals surface area contributed by atoms with Gasteiger partial charge in [0.05, 0.1) is 13.0 Å². The first-order valence-electron chi connectivity index (χ1n) is 10.5.